The predicted octanol–water partition coefficient (Wildman–Crippen LogP) is 1.22. The summed E-state index contributed by atoms with van der Waals surface area (Å²) in [5, 5.41) is 2.99. The van der Waals surface area contributed by atoms with Crippen molar-refractivity contribution in [3.8, 4) is 5.75 Å². The van der Waals surface area contributed by atoms with E-state index >= 15 is 0 Å². The van der Waals surface area contributed by atoms with E-state index in [0.29, 0.717) is 11.3 Å². The number of carbonyl (C=O) groups excluding carboxylic acids is 2. The summed E-state index contributed by atoms with van der Waals surface area (Å²) in [6.45, 7) is -0.228. The molecule has 0 unspecified atom stereocenters. The van der Waals surface area contributed by atoms with Gasteiger partial charge >= 0.3 is 0 Å². The summed E-state index contributed by atoms with van der Waals surface area (Å²) in [7, 11) is 0. The number of para-hydroxylation sites is 1. The van der Waals surface area contributed by atoms with Crippen molar-refractivity contribution in [1.29, 1.82) is 0 Å². The van der Waals surface area contributed by atoms with Gasteiger partial charge in [-0.2, -0.15) is 0 Å². The maximum absolute atomic E-state index is 12.2. The normalized spacial score (nSPS) is 15.2. The minimum absolute atomic E-state index is 0.160. The van der Waals surface area contributed by atoms with Crippen molar-refractivity contribution in [2.45, 2.75) is 31.7 Å². The lowest BCUT2D eigenvalue weighted by molar-refractivity contribution is -0.119. The minimum atomic E-state index is -0.564. The first-order chi connectivity index (χ1) is 9.16. The highest BCUT2D eigenvalue weighted by Crippen LogP contribution is 2.21. The van der Waals surface area contributed by atoms with Crippen LogP contribution < -0.4 is 15.8 Å². The zero-order valence-electron chi connectivity index (χ0n) is 10.7. The van der Waals surface area contributed by atoms with Gasteiger partial charge in [0.15, 0.2) is 6.61 Å². The van der Waals surface area contributed by atoms with E-state index in [1.807, 2.05) is 0 Å². The number of nitrogens with two attached hydrogens (primary N) is 1. The molecule has 0 saturated heterocycles. The van der Waals surface area contributed by atoms with Crippen LogP contribution in [0, 0.1) is 0 Å². The number of primary amides is 1. The van der Waals surface area contributed by atoms with Crippen LogP contribution in [0.5, 0.6) is 5.75 Å². The van der Waals surface area contributed by atoms with Gasteiger partial charge < -0.3 is 15.8 Å². The smallest absolute Gasteiger partial charge is 0.255 e. The lowest BCUT2D eigenvalue weighted by Gasteiger charge is -2.14. The van der Waals surface area contributed by atoms with Crippen molar-refractivity contribution < 1.29 is 14.3 Å². The molecule has 19 heavy (non-hydrogen) atoms. The molecular weight excluding hydrogens is 244 g/mol. The van der Waals surface area contributed by atoms with E-state index in [2.05, 4.69) is 5.32 Å². The largest absolute Gasteiger partial charge is 0.483 e. The molecule has 0 atom stereocenters. The van der Waals surface area contributed by atoms with Crippen LogP contribution in [0.3, 0.4) is 0 Å². The molecule has 0 spiro atoms. The Morgan fingerprint density at radius 2 is 1.95 bits per heavy atom. The first-order valence-electron chi connectivity index (χ1n) is 6.48. The Morgan fingerprint density at radius 1 is 1.26 bits per heavy atom. The van der Waals surface area contributed by atoms with E-state index in [1.165, 1.54) is 0 Å². The SMILES string of the molecule is NC(=O)COc1ccccc1C(=O)NC1CCCC1. The van der Waals surface area contributed by atoms with E-state index in [1.54, 1.807) is 24.3 Å². The second kappa shape index (κ2) is 6.22. The molecule has 5 heteroatoms. The summed E-state index contributed by atoms with van der Waals surface area (Å²) in [6, 6.07) is 7.10. The molecule has 0 bridgehead atoms. The van der Waals surface area contributed by atoms with Crippen molar-refractivity contribution in [3.63, 3.8) is 0 Å². The highest BCUT2D eigenvalue weighted by Gasteiger charge is 2.20. The minimum Gasteiger partial charge on any atom is -0.483 e. The maximum atomic E-state index is 12.2. The third-order valence-electron chi connectivity index (χ3n) is 3.19. The van der Waals surface area contributed by atoms with Crippen molar-refractivity contribution >= 4 is 11.8 Å². The first-order valence-corrected chi connectivity index (χ1v) is 6.48. The van der Waals surface area contributed by atoms with Crippen molar-refractivity contribution in [2.24, 2.45) is 5.73 Å². The molecule has 1 aromatic rings. The molecule has 102 valence electrons. The molecule has 1 aromatic carbocycles. The topological polar surface area (TPSA) is 81.4 Å². The highest BCUT2D eigenvalue weighted by atomic mass is 16.5. The first kappa shape index (κ1) is 13.4. The summed E-state index contributed by atoms with van der Waals surface area (Å²) >= 11 is 0. The van der Waals surface area contributed by atoms with Gasteiger partial charge in [-0.05, 0) is 25.0 Å². The van der Waals surface area contributed by atoms with Crippen molar-refractivity contribution in [1.82, 2.24) is 5.32 Å². The molecule has 1 fully saturated rings. The molecule has 1 aliphatic carbocycles. The Kier molecular flexibility index (Phi) is 4.39. The fourth-order valence-corrected chi connectivity index (χ4v) is 2.26. The molecule has 5 nitrogen and oxygen atoms in total. The summed E-state index contributed by atoms with van der Waals surface area (Å²) in [5.74, 6) is -0.338. The zero-order chi connectivity index (χ0) is 13.7. The highest BCUT2D eigenvalue weighted by molar-refractivity contribution is 5.97. The standard InChI is InChI=1S/C14H18N2O3/c15-13(17)9-19-12-8-4-3-7-11(12)14(18)16-10-5-1-2-6-10/h3-4,7-8,10H,1-2,5-6,9H2,(H2,15,17)(H,16,18). The summed E-state index contributed by atoms with van der Waals surface area (Å²) in [6.07, 6.45) is 4.36. The second-order valence-electron chi connectivity index (χ2n) is 4.71. The average molecular weight is 262 g/mol. The number of ether oxygens (including phenoxy) is 1. The number of amides is 2. The van der Waals surface area contributed by atoms with Gasteiger partial charge in [0.25, 0.3) is 11.8 Å². The Balaban J connectivity index is 2.04. The second-order valence-corrected chi connectivity index (χ2v) is 4.71. The monoisotopic (exact) mass is 262 g/mol. The van der Waals surface area contributed by atoms with Gasteiger partial charge in [0, 0.05) is 6.04 Å². The van der Waals surface area contributed by atoms with E-state index in [-0.39, 0.29) is 18.6 Å². The van der Waals surface area contributed by atoms with Crippen LogP contribution in [0.15, 0.2) is 24.3 Å². The van der Waals surface area contributed by atoms with Gasteiger partial charge in [-0.1, -0.05) is 25.0 Å². The Bertz CT molecular complexity index is 468. The fraction of sp³-hybridized carbons (Fsp3) is 0.429. The Morgan fingerprint density at radius 3 is 2.63 bits per heavy atom. The Labute approximate surface area is 112 Å². The predicted molar refractivity (Wildman–Crippen MR) is 70.9 cm³/mol. The maximum Gasteiger partial charge on any atom is 0.255 e. The van der Waals surface area contributed by atoms with Gasteiger partial charge in [-0.3, -0.25) is 9.59 Å². The Hall–Kier alpha value is -2.04. The summed E-state index contributed by atoms with van der Waals surface area (Å²) < 4.78 is 5.25. The molecule has 0 aliphatic heterocycles. The third kappa shape index (κ3) is 3.71. The van der Waals surface area contributed by atoms with Gasteiger partial charge in [0.1, 0.15) is 5.75 Å². The number of benzene rings is 1. The third-order valence-corrected chi connectivity index (χ3v) is 3.19. The van der Waals surface area contributed by atoms with Crippen LogP contribution in [0.2, 0.25) is 0 Å². The van der Waals surface area contributed by atoms with Gasteiger partial charge in [0.2, 0.25) is 0 Å². The van der Waals surface area contributed by atoms with E-state index < -0.39 is 5.91 Å². The van der Waals surface area contributed by atoms with Crippen molar-refractivity contribution in [3.05, 3.63) is 29.8 Å². The molecule has 3 N–H and O–H groups in total. The van der Waals surface area contributed by atoms with Gasteiger partial charge in [0.05, 0.1) is 5.56 Å². The molecule has 1 saturated carbocycles. The molecule has 1 aliphatic rings. The molecule has 2 rings (SSSR count). The molecule has 0 heterocycles. The van der Waals surface area contributed by atoms with E-state index in [9.17, 15) is 9.59 Å². The summed E-state index contributed by atoms with van der Waals surface area (Å²) in [4.78, 5) is 22.9. The number of rotatable bonds is 5. The quantitative estimate of drug-likeness (QED) is 0.837. The van der Waals surface area contributed by atoms with Crippen LogP contribution in [0.1, 0.15) is 36.0 Å². The van der Waals surface area contributed by atoms with E-state index in [4.69, 9.17) is 10.5 Å². The van der Waals surface area contributed by atoms with Crippen LogP contribution >= 0.6 is 0 Å². The number of nitrogens with one attached hydrogen (secondary N) is 1. The molecule has 0 radical (unpaired) electrons. The fourth-order valence-electron chi connectivity index (χ4n) is 2.26. The van der Waals surface area contributed by atoms with Gasteiger partial charge in [-0.15, -0.1) is 0 Å². The molecule has 2 amide bonds. The van der Waals surface area contributed by atoms with E-state index in [0.717, 1.165) is 25.7 Å². The average Bonchev–Trinajstić information content (AvgIpc) is 2.89. The van der Waals surface area contributed by atoms with Crippen LogP contribution in [0.25, 0.3) is 0 Å². The number of carbonyl (C=O) groups is 2. The van der Waals surface area contributed by atoms with Crippen molar-refractivity contribution in [2.75, 3.05) is 6.61 Å². The molecular formula is C14H18N2O3. The van der Waals surface area contributed by atoms with Crippen LogP contribution in [-0.4, -0.2) is 24.5 Å². The lowest BCUT2D eigenvalue weighted by Crippen LogP contribution is -2.33. The number of hydrogen-bond donors (Lipinski definition) is 2. The van der Waals surface area contributed by atoms with Crippen LogP contribution in [0.4, 0.5) is 0 Å². The zero-order valence-corrected chi connectivity index (χ0v) is 10.7. The summed E-state index contributed by atoms with van der Waals surface area (Å²) in [5.41, 5.74) is 5.47. The van der Waals surface area contributed by atoms with Crippen LogP contribution in [-0.2, 0) is 4.79 Å². The molecule has 0 aromatic heterocycles. The lowest BCUT2D eigenvalue weighted by atomic mass is 10.1. The van der Waals surface area contributed by atoms with Gasteiger partial charge in [-0.25, -0.2) is 0 Å². The number of hydrogen-bond acceptors (Lipinski definition) is 3.